The molecule has 2 aromatic rings. The third kappa shape index (κ3) is 3.62. The maximum Gasteiger partial charge on any atom is 0.229 e. The Morgan fingerprint density at radius 3 is 2.84 bits per heavy atom. The van der Waals surface area contributed by atoms with E-state index in [4.69, 9.17) is 4.52 Å². The van der Waals surface area contributed by atoms with Gasteiger partial charge < -0.3 is 9.09 Å². The van der Waals surface area contributed by atoms with Crippen molar-refractivity contribution in [3.63, 3.8) is 0 Å². The van der Waals surface area contributed by atoms with Crippen LogP contribution in [-0.4, -0.2) is 56.7 Å². The molecule has 0 amide bonds. The first-order valence-corrected chi connectivity index (χ1v) is 9.29. The number of imidazole rings is 1. The van der Waals surface area contributed by atoms with E-state index in [-0.39, 0.29) is 0 Å². The molecule has 2 aromatic heterocycles. The third-order valence-corrected chi connectivity index (χ3v) is 5.53. The lowest BCUT2D eigenvalue weighted by molar-refractivity contribution is 0.0872. The minimum absolute atomic E-state index is 0.413. The molecule has 25 heavy (non-hydrogen) atoms. The van der Waals surface area contributed by atoms with Crippen molar-refractivity contribution in [3.05, 3.63) is 29.9 Å². The van der Waals surface area contributed by atoms with Crippen LogP contribution in [0, 0.1) is 5.92 Å². The smallest absolute Gasteiger partial charge is 0.229 e. The Balaban J connectivity index is 1.42. The maximum absolute atomic E-state index is 5.38. The van der Waals surface area contributed by atoms with Crippen LogP contribution in [0.25, 0.3) is 0 Å². The number of piperidine rings is 1. The van der Waals surface area contributed by atoms with E-state index in [0.29, 0.717) is 17.9 Å². The zero-order valence-electron chi connectivity index (χ0n) is 15.4. The summed E-state index contributed by atoms with van der Waals surface area (Å²) in [6.45, 7) is 2.91. The van der Waals surface area contributed by atoms with Crippen molar-refractivity contribution in [1.82, 2.24) is 29.5 Å². The highest BCUT2D eigenvalue weighted by molar-refractivity contribution is 5.09. The van der Waals surface area contributed by atoms with Gasteiger partial charge in [0.25, 0.3) is 0 Å². The molecule has 4 rings (SSSR count). The van der Waals surface area contributed by atoms with Gasteiger partial charge in [-0.2, -0.15) is 4.98 Å². The number of hydrogen-bond donors (Lipinski definition) is 0. The summed E-state index contributed by atoms with van der Waals surface area (Å²) in [5, 5.41) is 4.16. The highest BCUT2D eigenvalue weighted by atomic mass is 16.5. The third-order valence-electron chi connectivity index (χ3n) is 5.53. The van der Waals surface area contributed by atoms with Gasteiger partial charge in [-0.3, -0.25) is 9.80 Å². The molecule has 7 heteroatoms. The molecule has 0 N–H and O–H groups in total. The fraction of sp³-hybridized carbons (Fsp3) is 0.722. The fourth-order valence-corrected chi connectivity index (χ4v) is 4.10. The van der Waals surface area contributed by atoms with E-state index in [9.17, 15) is 0 Å². The minimum atomic E-state index is 0.413. The standard InChI is InChI=1S/C18H28N6O/c1-22(11-16-20-18(25-21-16)13-6-7-13)10-14-5-4-8-23(2)17(14)15-9-19-12-24(15)3/h9,12-14,17H,4-8,10-11H2,1-3H3/t14-,17+/m0/s1. The molecule has 1 aliphatic carbocycles. The van der Waals surface area contributed by atoms with Crippen molar-refractivity contribution in [2.24, 2.45) is 13.0 Å². The van der Waals surface area contributed by atoms with Gasteiger partial charge in [0.1, 0.15) is 0 Å². The van der Waals surface area contributed by atoms with Crippen molar-refractivity contribution in [2.75, 3.05) is 27.2 Å². The number of aryl methyl sites for hydroxylation is 1. The van der Waals surface area contributed by atoms with E-state index >= 15 is 0 Å². The Labute approximate surface area is 149 Å². The first-order valence-electron chi connectivity index (χ1n) is 9.29. The summed E-state index contributed by atoms with van der Waals surface area (Å²) < 4.78 is 7.54. The van der Waals surface area contributed by atoms with Gasteiger partial charge in [0.2, 0.25) is 5.89 Å². The molecule has 0 bridgehead atoms. The van der Waals surface area contributed by atoms with Crippen LogP contribution < -0.4 is 0 Å². The molecule has 1 saturated heterocycles. The summed E-state index contributed by atoms with van der Waals surface area (Å²) in [4.78, 5) is 13.7. The molecule has 1 aliphatic heterocycles. The highest BCUT2D eigenvalue weighted by Gasteiger charge is 2.33. The molecule has 2 fully saturated rings. The summed E-state index contributed by atoms with van der Waals surface area (Å²) in [6, 6.07) is 0.413. The number of rotatable bonds is 6. The average Bonchev–Trinajstić information content (AvgIpc) is 3.19. The Kier molecular flexibility index (Phi) is 4.60. The van der Waals surface area contributed by atoms with Gasteiger partial charge >= 0.3 is 0 Å². The van der Waals surface area contributed by atoms with Crippen LogP contribution >= 0.6 is 0 Å². The largest absolute Gasteiger partial charge is 0.339 e. The monoisotopic (exact) mass is 344 g/mol. The molecule has 0 aromatic carbocycles. The summed E-state index contributed by atoms with van der Waals surface area (Å²) in [7, 11) is 6.47. The summed E-state index contributed by atoms with van der Waals surface area (Å²) in [5.74, 6) is 2.74. The van der Waals surface area contributed by atoms with Crippen molar-refractivity contribution in [2.45, 2.75) is 44.2 Å². The second kappa shape index (κ2) is 6.88. The highest BCUT2D eigenvalue weighted by Crippen LogP contribution is 2.39. The SMILES string of the molecule is CN(Cc1noc(C2CC2)n1)C[C@@H]1CCCN(C)[C@H]1c1cncn1C. The zero-order chi connectivity index (χ0) is 17.4. The predicted octanol–water partition coefficient (Wildman–Crippen LogP) is 2.20. The van der Waals surface area contributed by atoms with E-state index in [2.05, 4.69) is 50.6 Å². The lowest BCUT2D eigenvalue weighted by Crippen LogP contribution is -2.41. The van der Waals surface area contributed by atoms with Crippen molar-refractivity contribution < 1.29 is 4.52 Å². The van der Waals surface area contributed by atoms with Crippen LogP contribution in [0.3, 0.4) is 0 Å². The van der Waals surface area contributed by atoms with Crippen LogP contribution in [0.4, 0.5) is 0 Å². The number of hydrogen-bond acceptors (Lipinski definition) is 6. The van der Waals surface area contributed by atoms with E-state index < -0.39 is 0 Å². The summed E-state index contributed by atoms with van der Waals surface area (Å²) in [6.07, 6.45) is 8.79. The lowest BCUT2D eigenvalue weighted by Gasteiger charge is -2.40. The van der Waals surface area contributed by atoms with Gasteiger partial charge in [0.05, 0.1) is 24.6 Å². The van der Waals surface area contributed by atoms with Gasteiger partial charge in [-0.25, -0.2) is 4.98 Å². The molecule has 3 heterocycles. The Morgan fingerprint density at radius 2 is 2.12 bits per heavy atom. The van der Waals surface area contributed by atoms with Crippen molar-refractivity contribution in [3.8, 4) is 0 Å². The second-order valence-electron chi connectivity index (χ2n) is 7.78. The van der Waals surface area contributed by atoms with E-state index in [1.165, 1.54) is 31.4 Å². The molecule has 136 valence electrons. The normalized spacial score (nSPS) is 25.0. The first kappa shape index (κ1) is 16.7. The maximum atomic E-state index is 5.38. The molecule has 2 aliphatic rings. The Hall–Kier alpha value is -1.73. The number of aromatic nitrogens is 4. The number of likely N-dealkylation sites (tertiary alicyclic amines) is 1. The Morgan fingerprint density at radius 1 is 1.28 bits per heavy atom. The molecule has 2 atom stereocenters. The van der Waals surface area contributed by atoms with Gasteiger partial charge in [-0.05, 0) is 52.2 Å². The topological polar surface area (TPSA) is 63.2 Å². The molecule has 0 radical (unpaired) electrons. The predicted molar refractivity (Wildman–Crippen MR) is 93.9 cm³/mol. The quantitative estimate of drug-likeness (QED) is 0.800. The minimum Gasteiger partial charge on any atom is -0.339 e. The average molecular weight is 344 g/mol. The fourth-order valence-electron chi connectivity index (χ4n) is 4.10. The molecular weight excluding hydrogens is 316 g/mol. The zero-order valence-corrected chi connectivity index (χ0v) is 15.4. The van der Waals surface area contributed by atoms with Crippen LogP contribution in [0.1, 0.15) is 55.1 Å². The molecule has 0 unspecified atom stereocenters. The second-order valence-corrected chi connectivity index (χ2v) is 7.78. The molecule has 1 saturated carbocycles. The molecule has 0 spiro atoms. The van der Waals surface area contributed by atoms with Crippen LogP contribution in [0.5, 0.6) is 0 Å². The van der Waals surface area contributed by atoms with Crippen LogP contribution in [0.2, 0.25) is 0 Å². The summed E-state index contributed by atoms with van der Waals surface area (Å²) >= 11 is 0. The van der Waals surface area contributed by atoms with Crippen LogP contribution in [0.15, 0.2) is 17.0 Å². The van der Waals surface area contributed by atoms with Gasteiger partial charge in [0.15, 0.2) is 5.82 Å². The molecule has 7 nitrogen and oxygen atoms in total. The van der Waals surface area contributed by atoms with E-state index in [0.717, 1.165) is 31.3 Å². The number of nitrogens with zero attached hydrogens (tertiary/aromatic N) is 6. The molecular formula is C18H28N6O. The van der Waals surface area contributed by atoms with Crippen molar-refractivity contribution in [1.29, 1.82) is 0 Å². The van der Waals surface area contributed by atoms with E-state index in [1.807, 2.05) is 12.5 Å². The van der Waals surface area contributed by atoms with Crippen molar-refractivity contribution >= 4 is 0 Å². The van der Waals surface area contributed by atoms with Gasteiger partial charge in [0, 0.05) is 25.7 Å². The first-order chi connectivity index (χ1) is 12.1. The summed E-state index contributed by atoms with van der Waals surface area (Å²) in [5.41, 5.74) is 1.30. The van der Waals surface area contributed by atoms with Gasteiger partial charge in [-0.15, -0.1) is 0 Å². The van der Waals surface area contributed by atoms with Gasteiger partial charge in [-0.1, -0.05) is 5.16 Å². The lowest BCUT2D eigenvalue weighted by atomic mass is 9.87. The van der Waals surface area contributed by atoms with Crippen LogP contribution in [-0.2, 0) is 13.6 Å². The Bertz CT molecular complexity index is 706. The van der Waals surface area contributed by atoms with E-state index in [1.54, 1.807) is 0 Å².